The quantitative estimate of drug-likeness (QED) is 0.0968. The Hall–Kier alpha value is -7.37. The van der Waals surface area contributed by atoms with E-state index in [0.717, 1.165) is 46.1 Å². The highest BCUT2D eigenvalue weighted by Gasteiger charge is 2.44. The van der Waals surface area contributed by atoms with E-state index in [1.54, 1.807) is 0 Å². The molecule has 5 heteroatoms. The lowest BCUT2D eigenvalue weighted by Gasteiger charge is -2.35. The zero-order valence-corrected chi connectivity index (χ0v) is 33.2. The van der Waals surface area contributed by atoms with Gasteiger partial charge in [0.15, 0.2) is 0 Å². The summed E-state index contributed by atoms with van der Waals surface area (Å²) >= 11 is 0. The molecule has 0 fully saturated rings. The van der Waals surface area contributed by atoms with Crippen LogP contribution in [0.3, 0.4) is 0 Å². The molecule has 1 aliphatic rings. The fourth-order valence-electron chi connectivity index (χ4n) is 8.61. The number of carbonyl (C=O) groups excluding carboxylic acids is 1. The number of para-hydroxylation sites is 4. The van der Waals surface area contributed by atoms with E-state index in [-0.39, 0.29) is 0 Å². The number of benzene rings is 8. The third-order valence-corrected chi connectivity index (χ3v) is 11.3. The molecule has 288 valence electrons. The van der Waals surface area contributed by atoms with Crippen molar-refractivity contribution in [1.29, 1.82) is 0 Å². The average Bonchev–Trinajstić information content (AvgIpc) is 3.54. The fraction of sp³-hybridized carbons (Fsp3) is 0.0926. The van der Waals surface area contributed by atoms with Crippen molar-refractivity contribution in [3.63, 3.8) is 0 Å². The van der Waals surface area contributed by atoms with E-state index in [1.165, 1.54) is 40.5 Å². The van der Waals surface area contributed by atoms with E-state index in [2.05, 4.69) is 211 Å². The van der Waals surface area contributed by atoms with Gasteiger partial charge in [-0.2, -0.15) is 0 Å². The Bertz CT molecular complexity index is 2470. The number of fused-ring (bicyclic) bond motifs is 3. The number of ether oxygens (including phenoxy) is 2. The van der Waals surface area contributed by atoms with Gasteiger partial charge in [-0.25, -0.2) is 4.79 Å². The molecule has 8 aromatic carbocycles. The van der Waals surface area contributed by atoms with Crippen molar-refractivity contribution >= 4 is 40.3 Å². The first kappa shape index (κ1) is 37.2. The van der Waals surface area contributed by atoms with Gasteiger partial charge in [0.2, 0.25) is 0 Å². The number of nitrogens with zero attached hydrogens (tertiary/aromatic N) is 2. The first-order valence-corrected chi connectivity index (χ1v) is 20.0. The molecular formula is C54H44N2O3. The van der Waals surface area contributed by atoms with Crippen molar-refractivity contribution in [2.24, 2.45) is 0 Å². The van der Waals surface area contributed by atoms with E-state index in [4.69, 9.17) is 9.47 Å². The first-order chi connectivity index (χ1) is 29.0. The van der Waals surface area contributed by atoms with Crippen molar-refractivity contribution in [3.05, 3.63) is 234 Å². The predicted molar refractivity (Wildman–Crippen MR) is 240 cm³/mol. The topological polar surface area (TPSA) is 42.0 Å². The van der Waals surface area contributed by atoms with Crippen LogP contribution in [-0.2, 0) is 23.0 Å². The lowest BCUT2D eigenvalue weighted by molar-refractivity contribution is 0.121. The van der Waals surface area contributed by atoms with Crippen molar-refractivity contribution in [2.45, 2.75) is 25.2 Å². The minimum atomic E-state index is -0.741. The summed E-state index contributed by atoms with van der Waals surface area (Å²) in [6.07, 6.45) is 0.711. The standard InChI is InChI=1S/C54H44N2O3/c1-39-23-25-40(26-24-39)37-54(38-41-27-31-48(32-28-41)59-53(57)58-2)51-35-46(55(42-15-7-3-8-16-42)43-17-9-4-10-18-43)29-33-49(51)50-34-30-47(36-52(50)54)56(44-19-11-5-12-20-44)45-21-13-6-14-22-45/h3-36H,37-38H2,1-2H3. The summed E-state index contributed by atoms with van der Waals surface area (Å²) in [7, 11) is 1.32. The molecule has 0 saturated carbocycles. The summed E-state index contributed by atoms with van der Waals surface area (Å²) in [6, 6.07) is 73.2. The molecule has 5 nitrogen and oxygen atoms in total. The molecule has 9 rings (SSSR count). The second kappa shape index (κ2) is 16.2. The molecule has 0 heterocycles. The Balaban J connectivity index is 1.28. The second-order valence-corrected chi connectivity index (χ2v) is 15.1. The molecule has 8 aromatic rings. The minimum absolute atomic E-state index is 0.438. The second-order valence-electron chi connectivity index (χ2n) is 15.1. The van der Waals surface area contributed by atoms with Crippen LogP contribution in [0.4, 0.5) is 38.9 Å². The van der Waals surface area contributed by atoms with E-state index < -0.39 is 11.6 Å². The lowest BCUT2D eigenvalue weighted by atomic mass is 9.69. The number of methoxy groups -OCH3 is 1. The van der Waals surface area contributed by atoms with Crippen LogP contribution in [0, 0.1) is 6.92 Å². The molecule has 0 N–H and O–H groups in total. The van der Waals surface area contributed by atoms with Crippen LogP contribution in [0.15, 0.2) is 206 Å². The minimum Gasteiger partial charge on any atom is -0.437 e. The van der Waals surface area contributed by atoms with Crippen molar-refractivity contribution in [1.82, 2.24) is 0 Å². The third kappa shape index (κ3) is 7.47. The van der Waals surface area contributed by atoms with Crippen LogP contribution >= 0.6 is 0 Å². The number of hydrogen-bond donors (Lipinski definition) is 0. The predicted octanol–water partition coefficient (Wildman–Crippen LogP) is 13.8. The maximum absolute atomic E-state index is 12.0. The van der Waals surface area contributed by atoms with Gasteiger partial charge in [0.05, 0.1) is 7.11 Å². The van der Waals surface area contributed by atoms with Gasteiger partial charge in [0, 0.05) is 39.5 Å². The maximum atomic E-state index is 12.0. The van der Waals surface area contributed by atoms with Gasteiger partial charge in [0.1, 0.15) is 5.75 Å². The van der Waals surface area contributed by atoms with Crippen molar-refractivity contribution in [2.75, 3.05) is 16.9 Å². The van der Waals surface area contributed by atoms with Crippen LogP contribution < -0.4 is 14.5 Å². The van der Waals surface area contributed by atoms with Gasteiger partial charge in [-0.3, -0.25) is 0 Å². The number of hydrogen-bond acceptors (Lipinski definition) is 5. The highest BCUT2D eigenvalue weighted by atomic mass is 16.7. The summed E-state index contributed by atoms with van der Waals surface area (Å²) in [5, 5.41) is 0. The van der Waals surface area contributed by atoms with E-state index in [9.17, 15) is 4.79 Å². The highest BCUT2D eigenvalue weighted by molar-refractivity contribution is 5.89. The zero-order valence-electron chi connectivity index (χ0n) is 33.2. The Kier molecular flexibility index (Phi) is 10.2. The van der Waals surface area contributed by atoms with Crippen LogP contribution in [-0.4, -0.2) is 13.3 Å². The van der Waals surface area contributed by atoms with E-state index >= 15 is 0 Å². The molecular weight excluding hydrogens is 725 g/mol. The number of rotatable bonds is 11. The van der Waals surface area contributed by atoms with Crippen LogP contribution in [0.2, 0.25) is 0 Å². The third-order valence-electron chi connectivity index (χ3n) is 11.3. The Morgan fingerprint density at radius 1 is 0.458 bits per heavy atom. The van der Waals surface area contributed by atoms with E-state index in [1.807, 2.05) is 12.1 Å². The Morgan fingerprint density at radius 2 is 0.831 bits per heavy atom. The van der Waals surface area contributed by atoms with Gasteiger partial charge in [-0.05, 0) is 138 Å². The van der Waals surface area contributed by atoms with Gasteiger partial charge >= 0.3 is 6.16 Å². The summed E-state index contributed by atoms with van der Waals surface area (Å²) in [4.78, 5) is 16.7. The van der Waals surface area contributed by atoms with Gasteiger partial charge in [0.25, 0.3) is 0 Å². The number of anilines is 6. The van der Waals surface area contributed by atoms with Crippen molar-refractivity contribution in [3.8, 4) is 16.9 Å². The molecule has 0 amide bonds. The summed E-state index contributed by atoms with van der Waals surface area (Å²) in [5.41, 5.74) is 14.6. The Labute approximate surface area is 346 Å². The fourth-order valence-corrected chi connectivity index (χ4v) is 8.61. The highest BCUT2D eigenvalue weighted by Crippen LogP contribution is 2.55. The molecule has 0 aromatic heterocycles. The number of aryl methyl sites for hydroxylation is 1. The normalized spacial score (nSPS) is 12.2. The number of carbonyl (C=O) groups is 1. The molecule has 0 radical (unpaired) electrons. The summed E-state index contributed by atoms with van der Waals surface area (Å²) in [5.74, 6) is 0.438. The molecule has 0 unspecified atom stereocenters. The van der Waals surface area contributed by atoms with Crippen LogP contribution in [0.5, 0.6) is 5.75 Å². The monoisotopic (exact) mass is 768 g/mol. The lowest BCUT2D eigenvalue weighted by Crippen LogP contribution is -2.31. The zero-order chi connectivity index (χ0) is 40.2. The SMILES string of the molecule is COC(=O)Oc1ccc(CC2(Cc3ccc(C)cc3)c3cc(N(c4ccccc4)c4ccccc4)ccc3-c3ccc(N(c4ccccc4)c4ccccc4)cc32)cc1. The van der Waals surface area contributed by atoms with Crippen LogP contribution in [0.1, 0.15) is 27.8 Å². The molecule has 0 bridgehead atoms. The van der Waals surface area contributed by atoms with Gasteiger partial charge in [-0.15, -0.1) is 0 Å². The summed E-state index contributed by atoms with van der Waals surface area (Å²) < 4.78 is 10.2. The largest absolute Gasteiger partial charge is 0.513 e. The molecule has 0 aliphatic heterocycles. The summed E-state index contributed by atoms with van der Waals surface area (Å²) in [6.45, 7) is 2.14. The molecule has 0 saturated heterocycles. The Morgan fingerprint density at radius 3 is 1.20 bits per heavy atom. The van der Waals surface area contributed by atoms with Crippen molar-refractivity contribution < 1.29 is 14.3 Å². The molecule has 59 heavy (non-hydrogen) atoms. The smallest absolute Gasteiger partial charge is 0.437 e. The average molecular weight is 769 g/mol. The van der Waals surface area contributed by atoms with Crippen LogP contribution in [0.25, 0.3) is 11.1 Å². The molecule has 0 atom stereocenters. The van der Waals surface area contributed by atoms with Gasteiger partial charge in [-0.1, -0.05) is 127 Å². The van der Waals surface area contributed by atoms with Gasteiger partial charge < -0.3 is 19.3 Å². The molecule has 0 spiro atoms. The van der Waals surface area contributed by atoms with E-state index in [0.29, 0.717) is 12.2 Å². The molecule has 1 aliphatic carbocycles. The maximum Gasteiger partial charge on any atom is 0.513 e. The first-order valence-electron chi connectivity index (χ1n) is 20.0.